The monoisotopic (exact) mass is 529 g/mol. The molecule has 0 spiro atoms. The van der Waals surface area contributed by atoms with Gasteiger partial charge in [0.2, 0.25) is 0 Å². The molecule has 1 atom stereocenters. The van der Waals surface area contributed by atoms with Crippen LogP contribution in [0.3, 0.4) is 0 Å². The Balaban J connectivity index is 1.26. The lowest BCUT2D eigenvalue weighted by atomic mass is 9.81. The van der Waals surface area contributed by atoms with E-state index < -0.39 is 5.54 Å². The second-order valence-corrected chi connectivity index (χ2v) is 10.5. The Labute approximate surface area is 225 Å². The predicted molar refractivity (Wildman–Crippen MR) is 147 cm³/mol. The van der Waals surface area contributed by atoms with Crippen LogP contribution < -0.4 is 14.8 Å². The maximum Gasteiger partial charge on any atom is 0.253 e. The van der Waals surface area contributed by atoms with E-state index in [1.807, 2.05) is 33.5 Å². The minimum Gasteiger partial charge on any atom is -0.493 e. The first-order valence-corrected chi connectivity index (χ1v) is 12.8. The van der Waals surface area contributed by atoms with Gasteiger partial charge < -0.3 is 14.8 Å². The molecule has 5 aromatic rings. The van der Waals surface area contributed by atoms with Crippen molar-refractivity contribution in [3.63, 3.8) is 0 Å². The highest BCUT2D eigenvalue weighted by Crippen LogP contribution is 2.34. The van der Waals surface area contributed by atoms with Gasteiger partial charge in [-0.1, -0.05) is 17.7 Å². The lowest BCUT2D eigenvalue weighted by Crippen LogP contribution is -2.49. The van der Waals surface area contributed by atoms with Gasteiger partial charge in [-0.25, -0.2) is 9.50 Å². The summed E-state index contributed by atoms with van der Waals surface area (Å²) in [5.41, 5.74) is 6.96. The van der Waals surface area contributed by atoms with Crippen LogP contribution in [0.15, 0.2) is 55.0 Å². The van der Waals surface area contributed by atoms with Crippen molar-refractivity contribution in [3.8, 4) is 17.2 Å². The fraction of sp³-hybridized carbons (Fsp3) is 0.276. The van der Waals surface area contributed by atoms with Crippen LogP contribution in [0.2, 0.25) is 5.02 Å². The number of halogens is 1. The van der Waals surface area contributed by atoms with E-state index in [1.165, 1.54) is 5.56 Å². The van der Waals surface area contributed by atoms with Crippen molar-refractivity contribution in [2.45, 2.75) is 38.6 Å². The molecule has 0 bridgehead atoms. The first-order chi connectivity index (χ1) is 18.3. The summed E-state index contributed by atoms with van der Waals surface area (Å²) in [5.74, 6) is 1.02. The molecule has 0 saturated carbocycles. The molecule has 0 saturated heterocycles. The molecular formula is C29H28ClN5O3. The van der Waals surface area contributed by atoms with E-state index in [-0.39, 0.29) is 5.91 Å². The number of hydrogen-bond donors (Lipinski definition) is 1. The van der Waals surface area contributed by atoms with Gasteiger partial charge in [0, 0.05) is 35.1 Å². The highest BCUT2D eigenvalue weighted by atomic mass is 35.5. The van der Waals surface area contributed by atoms with Gasteiger partial charge >= 0.3 is 0 Å². The number of benzene rings is 2. The van der Waals surface area contributed by atoms with E-state index in [9.17, 15) is 4.79 Å². The SMILES string of the molecule is COc1cc2ncn(-c3ccc(C(=O)NC4(C)CCc5nn6cc(C)ccc6c5C4)c(Cl)c3)c2cc1OC. The maximum absolute atomic E-state index is 13.4. The zero-order valence-electron chi connectivity index (χ0n) is 21.7. The Morgan fingerprint density at radius 3 is 2.63 bits per heavy atom. The summed E-state index contributed by atoms with van der Waals surface area (Å²) in [6.07, 6.45) is 6.08. The number of nitrogens with one attached hydrogen (secondary N) is 1. The van der Waals surface area contributed by atoms with Crippen molar-refractivity contribution in [1.82, 2.24) is 24.5 Å². The second-order valence-electron chi connectivity index (χ2n) is 10.1. The number of aryl methyl sites for hydroxylation is 2. The standard InChI is InChI=1S/C29H28ClN5O3/c1-17-5-8-24-20-14-29(2,10-9-22(20)33-35(24)15-17)32-28(36)19-7-6-18(11-21(19)30)34-16-31-23-12-26(37-3)27(38-4)13-25(23)34/h5-8,11-13,15-16H,9-10,14H2,1-4H3,(H,32,36). The molecule has 3 heterocycles. The second kappa shape index (κ2) is 9.06. The minimum absolute atomic E-state index is 0.193. The van der Waals surface area contributed by atoms with Crippen LogP contribution in [-0.2, 0) is 12.8 Å². The number of carbonyl (C=O) groups excluding carboxylic acids is 1. The third-order valence-corrected chi connectivity index (χ3v) is 7.70. The van der Waals surface area contributed by atoms with Gasteiger partial charge in [-0.2, -0.15) is 5.10 Å². The molecule has 6 rings (SSSR count). The topological polar surface area (TPSA) is 82.7 Å². The van der Waals surface area contributed by atoms with E-state index in [1.54, 1.807) is 32.7 Å². The molecule has 1 unspecified atom stereocenters. The summed E-state index contributed by atoms with van der Waals surface area (Å²) in [5, 5.41) is 8.40. The normalized spacial score (nSPS) is 17.0. The highest BCUT2D eigenvalue weighted by Gasteiger charge is 2.34. The number of nitrogens with zero attached hydrogens (tertiary/aromatic N) is 4. The summed E-state index contributed by atoms with van der Waals surface area (Å²) in [4.78, 5) is 17.9. The maximum atomic E-state index is 13.4. The molecule has 0 fully saturated rings. The summed E-state index contributed by atoms with van der Waals surface area (Å²) in [7, 11) is 3.19. The van der Waals surface area contributed by atoms with E-state index in [2.05, 4.69) is 36.3 Å². The van der Waals surface area contributed by atoms with Crippen LogP contribution in [0.1, 0.15) is 40.5 Å². The number of hydrogen-bond acceptors (Lipinski definition) is 5. The first kappa shape index (κ1) is 24.3. The average molecular weight is 530 g/mol. The molecule has 1 aliphatic carbocycles. The Morgan fingerprint density at radius 1 is 1.08 bits per heavy atom. The molecule has 1 amide bonds. The minimum atomic E-state index is -0.406. The Kier molecular flexibility index (Phi) is 5.79. The molecule has 2 aromatic carbocycles. The number of methoxy groups -OCH3 is 2. The van der Waals surface area contributed by atoms with Gasteiger partial charge in [0.05, 0.1) is 47.0 Å². The largest absolute Gasteiger partial charge is 0.493 e. The molecular weight excluding hydrogens is 502 g/mol. The van der Waals surface area contributed by atoms with Crippen LogP contribution in [-0.4, -0.2) is 44.8 Å². The molecule has 9 heteroatoms. The lowest BCUT2D eigenvalue weighted by Gasteiger charge is -2.34. The average Bonchev–Trinajstić information content (AvgIpc) is 3.47. The summed E-state index contributed by atoms with van der Waals surface area (Å²) in [6, 6.07) is 13.3. The molecule has 38 heavy (non-hydrogen) atoms. The Morgan fingerprint density at radius 2 is 1.87 bits per heavy atom. The van der Waals surface area contributed by atoms with Crippen molar-refractivity contribution in [2.75, 3.05) is 14.2 Å². The van der Waals surface area contributed by atoms with E-state index >= 15 is 0 Å². The molecule has 0 radical (unpaired) electrons. The Hall–Kier alpha value is -4.04. The van der Waals surface area contributed by atoms with Gasteiger partial charge in [0.15, 0.2) is 11.5 Å². The van der Waals surface area contributed by atoms with Gasteiger partial charge in [-0.15, -0.1) is 0 Å². The van der Waals surface area contributed by atoms with Crippen molar-refractivity contribution >= 4 is 34.1 Å². The van der Waals surface area contributed by atoms with Gasteiger partial charge in [0.25, 0.3) is 5.91 Å². The molecule has 0 aliphatic heterocycles. The summed E-state index contributed by atoms with van der Waals surface area (Å²) in [6.45, 7) is 4.15. The highest BCUT2D eigenvalue weighted by molar-refractivity contribution is 6.34. The molecule has 1 aliphatic rings. The predicted octanol–water partition coefficient (Wildman–Crippen LogP) is 5.33. The number of carbonyl (C=O) groups is 1. The molecule has 194 valence electrons. The van der Waals surface area contributed by atoms with Gasteiger partial charge in [-0.05, 0) is 62.9 Å². The molecule has 8 nitrogen and oxygen atoms in total. The van der Waals surface area contributed by atoms with Crippen LogP contribution in [0.4, 0.5) is 0 Å². The number of amides is 1. The van der Waals surface area contributed by atoms with Gasteiger partial charge in [-0.3, -0.25) is 9.36 Å². The van der Waals surface area contributed by atoms with Crippen LogP contribution in [0.5, 0.6) is 11.5 Å². The van der Waals surface area contributed by atoms with Crippen LogP contribution in [0, 0.1) is 6.92 Å². The van der Waals surface area contributed by atoms with E-state index in [0.29, 0.717) is 28.5 Å². The number of fused-ring (bicyclic) bond motifs is 4. The number of aromatic nitrogens is 4. The summed E-state index contributed by atoms with van der Waals surface area (Å²) >= 11 is 6.67. The lowest BCUT2D eigenvalue weighted by molar-refractivity contribution is 0.0898. The van der Waals surface area contributed by atoms with Crippen molar-refractivity contribution in [3.05, 3.63) is 82.4 Å². The zero-order chi connectivity index (χ0) is 26.6. The number of imidazole rings is 1. The fourth-order valence-electron chi connectivity index (χ4n) is 5.35. The van der Waals surface area contributed by atoms with Gasteiger partial charge in [0.1, 0.15) is 6.33 Å². The number of rotatable bonds is 5. The van der Waals surface area contributed by atoms with Crippen molar-refractivity contribution < 1.29 is 14.3 Å². The van der Waals surface area contributed by atoms with Crippen molar-refractivity contribution in [1.29, 1.82) is 0 Å². The smallest absolute Gasteiger partial charge is 0.253 e. The van der Waals surface area contributed by atoms with E-state index in [4.69, 9.17) is 26.2 Å². The fourth-order valence-corrected chi connectivity index (χ4v) is 5.61. The first-order valence-electron chi connectivity index (χ1n) is 12.5. The van der Waals surface area contributed by atoms with Crippen molar-refractivity contribution in [2.24, 2.45) is 0 Å². The Bertz CT molecular complexity index is 1720. The molecule has 3 aromatic heterocycles. The zero-order valence-corrected chi connectivity index (χ0v) is 22.5. The molecule has 1 N–H and O–H groups in total. The third kappa shape index (κ3) is 4.05. The van der Waals surface area contributed by atoms with Crippen LogP contribution in [0.25, 0.3) is 22.2 Å². The van der Waals surface area contributed by atoms with Crippen LogP contribution >= 0.6 is 11.6 Å². The van der Waals surface area contributed by atoms with E-state index in [0.717, 1.165) is 46.3 Å². The quantitative estimate of drug-likeness (QED) is 0.333. The number of pyridine rings is 1. The third-order valence-electron chi connectivity index (χ3n) is 7.39. The summed E-state index contributed by atoms with van der Waals surface area (Å²) < 4.78 is 14.7. The number of ether oxygens (including phenoxy) is 2.